The number of nitrogens with one attached hydrogen (secondary N) is 1. The minimum absolute atomic E-state index is 0.268. The molecule has 5 heteroatoms. The van der Waals surface area contributed by atoms with E-state index in [0.717, 1.165) is 43.6 Å². The summed E-state index contributed by atoms with van der Waals surface area (Å²) < 4.78 is 0. The fourth-order valence-corrected chi connectivity index (χ4v) is 4.25. The Balaban J connectivity index is 1.69. The van der Waals surface area contributed by atoms with Crippen LogP contribution in [0.2, 0.25) is 0 Å². The van der Waals surface area contributed by atoms with Crippen molar-refractivity contribution in [3.05, 3.63) is 78.4 Å². The molecule has 0 aliphatic rings. The normalized spacial score (nSPS) is 11.1. The van der Waals surface area contributed by atoms with Gasteiger partial charge >= 0.3 is 0 Å². The maximum Gasteiger partial charge on any atom is 0.143 e. The van der Waals surface area contributed by atoms with Gasteiger partial charge in [-0.2, -0.15) is 0 Å². The Labute approximate surface area is 159 Å². The highest BCUT2D eigenvalue weighted by Crippen LogP contribution is 2.38. The van der Waals surface area contributed by atoms with Gasteiger partial charge < -0.3 is 10.4 Å². The van der Waals surface area contributed by atoms with Crippen LogP contribution in [-0.2, 0) is 0 Å². The molecule has 5 aromatic rings. The molecule has 2 heterocycles. The summed E-state index contributed by atoms with van der Waals surface area (Å²) >= 11 is 1.61. The largest absolute Gasteiger partial charge is 0.507 e. The first-order valence-corrected chi connectivity index (χ1v) is 9.44. The third-order valence-corrected chi connectivity index (χ3v) is 5.49. The lowest BCUT2D eigenvalue weighted by atomic mass is 10.1. The van der Waals surface area contributed by atoms with Crippen LogP contribution in [0.5, 0.6) is 5.75 Å². The van der Waals surface area contributed by atoms with Gasteiger partial charge in [-0.05, 0) is 17.7 Å². The predicted molar refractivity (Wildman–Crippen MR) is 112 cm³/mol. The van der Waals surface area contributed by atoms with E-state index >= 15 is 0 Å². The topological polar surface area (TPSA) is 58.0 Å². The third-order valence-electron chi connectivity index (χ3n) is 4.61. The standard InChI is InChI=1S/C22H15N3OS/c26-19-11-5-8-15-16(19)9-4-10-18(15)25-21-20-17(14-6-2-1-3-7-14)12-27-22(20)24-13-23-21/h1-13,26H,(H,23,24,25). The van der Waals surface area contributed by atoms with E-state index in [-0.39, 0.29) is 5.75 Å². The number of thiophene rings is 1. The van der Waals surface area contributed by atoms with Gasteiger partial charge in [0.15, 0.2) is 0 Å². The molecular weight excluding hydrogens is 354 g/mol. The number of phenolic OH excluding ortho intramolecular Hbond substituents is 1. The van der Waals surface area contributed by atoms with Crippen molar-refractivity contribution in [2.24, 2.45) is 0 Å². The van der Waals surface area contributed by atoms with Gasteiger partial charge in [-0.3, -0.25) is 0 Å². The average molecular weight is 369 g/mol. The first-order chi connectivity index (χ1) is 13.3. The number of nitrogens with zero attached hydrogens (tertiary/aromatic N) is 2. The summed E-state index contributed by atoms with van der Waals surface area (Å²) in [5, 5.41) is 18.5. The van der Waals surface area contributed by atoms with Gasteiger partial charge in [0.05, 0.1) is 5.39 Å². The third kappa shape index (κ3) is 2.69. The molecule has 0 atom stereocenters. The van der Waals surface area contributed by atoms with E-state index in [1.807, 2.05) is 48.5 Å². The molecule has 0 spiro atoms. The Bertz CT molecular complexity index is 1260. The number of fused-ring (bicyclic) bond motifs is 2. The monoisotopic (exact) mass is 369 g/mol. The number of benzene rings is 3. The summed E-state index contributed by atoms with van der Waals surface area (Å²) in [6.45, 7) is 0. The van der Waals surface area contributed by atoms with Crippen molar-refractivity contribution in [3.8, 4) is 16.9 Å². The van der Waals surface area contributed by atoms with E-state index in [4.69, 9.17) is 0 Å². The summed E-state index contributed by atoms with van der Waals surface area (Å²) in [6.07, 6.45) is 1.58. The molecule has 27 heavy (non-hydrogen) atoms. The van der Waals surface area contributed by atoms with Crippen LogP contribution in [0, 0.1) is 0 Å². The van der Waals surface area contributed by atoms with Crippen molar-refractivity contribution < 1.29 is 5.11 Å². The van der Waals surface area contributed by atoms with Crippen molar-refractivity contribution in [1.82, 2.24) is 9.97 Å². The molecule has 0 fully saturated rings. The summed E-state index contributed by atoms with van der Waals surface area (Å²) in [7, 11) is 0. The van der Waals surface area contributed by atoms with Crippen molar-refractivity contribution in [1.29, 1.82) is 0 Å². The SMILES string of the molecule is Oc1cccc2c(Nc3ncnc4scc(-c5ccccc5)c34)cccc12. The van der Waals surface area contributed by atoms with E-state index in [0.29, 0.717) is 0 Å². The maximum absolute atomic E-state index is 10.1. The fraction of sp³-hybridized carbons (Fsp3) is 0. The molecule has 0 aliphatic heterocycles. The average Bonchev–Trinajstić information content (AvgIpc) is 3.15. The molecule has 0 radical (unpaired) electrons. The van der Waals surface area contributed by atoms with Crippen LogP contribution >= 0.6 is 11.3 Å². The Morgan fingerprint density at radius 2 is 1.63 bits per heavy atom. The quantitative estimate of drug-likeness (QED) is 0.412. The molecule has 0 aliphatic carbocycles. The van der Waals surface area contributed by atoms with Crippen LogP contribution in [-0.4, -0.2) is 15.1 Å². The number of phenols is 1. The second-order valence-corrected chi connectivity index (χ2v) is 7.08. The van der Waals surface area contributed by atoms with Gasteiger partial charge in [-0.25, -0.2) is 9.97 Å². The summed E-state index contributed by atoms with van der Waals surface area (Å²) in [5.41, 5.74) is 3.15. The maximum atomic E-state index is 10.1. The lowest BCUT2D eigenvalue weighted by Gasteiger charge is -2.11. The second kappa shape index (κ2) is 6.37. The zero-order valence-corrected chi connectivity index (χ0v) is 15.1. The van der Waals surface area contributed by atoms with E-state index in [1.165, 1.54) is 0 Å². The molecule has 5 rings (SSSR count). The first kappa shape index (κ1) is 15.8. The fourth-order valence-electron chi connectivity index (χ4n) is 3.33. The minimum Gasteiger partial charge on any atom is -0.507 e. The van der Waals surface area contributed by atoms with Crippen LogP contribution in [0.1, 0.15) is 0 Å². The van der Waals surface area contributed by atoms with E-state index in [9.17, 15) is 5.11 Å². The van der Waals surface area contributed by atoms with Gasteiger partial charge in [-0.15, -0.1) is 11.3 Å². The van der Waals surface area contributed by atoms with Gasteiger partial charge in [-0.1, -0.05) is 54.6 Å². The zero-order valence-electron chi connectivity index (χ0n) is 14.3. The molecular formula is C22H15N3OS. The van der Waals surface area contributed by atoms with Gasteiger partial charge in [0.2, 0.25) is 0 Å². The van der Waals surface area contributed by atoms with Crippen LogP contribution in [0.3, 0.4) is 0 Å². The summed E-state index contributed by atoms with van der Waals surface area (Å²) in [4.78, 5) is 9.88. The molecule has 0 saturated carbocycles. The van der Waals surface area contributed by atoms with Gasteiger partial charge in [0.1, 0.15) is 22.7 Å². The van der Waals surface area contributed by atoms with Crippen LogP contribution < -0.4 is 5.32 Å². The highest BCUT2D eigenvalue weighted by atomic mass is 32.1. The Hall–Kier alpha value is -3.44. The molecule has 2 N–H and O–H groups in total. The molecule has 0 saturated heterocycles. The highest BCUT2D eigenvalue weighted by Gasteiger charge is 2.14. The van der Waals surface area contributed by atoms with E-state index in [1.54, 1.807) is 23.7 Å². The molecule has 130 valence electrons. The summed E-state index contributed by atoms with van der Waals surface area (Å²) in [6, 6.07) is 21.6. The number of anilines is 2. The Morgan fingerprint density at radius 3 is 2.52 bits per heavy atom. The van der Waals surface area contributed by atoms with Crippen molar-refractivity contribution in [3.63, 3.8) is 0 Å². The zero-order chi connectivity index (χ0) is 18.2. The molecule has 4 nitrogen and oxygen atoms in total. The number of hydrogen-bond donors (Lipinski definition) is 2. The predicted octanol–water partition coefficient (Wildman–Crippen LogP) is 5.96. The van der Waals surface area contributed by atoms with Gasteiger partial charge in [0, 0.05) is 27.4 Å². The molecule has 0 bridgehead atoms. The number of aromatic nitrogens is 2. The summed E-state index contributed by atoms with van der Waals surface area (Å²) in [5.74, 6) is 1.03. The minimum atomic E-state index is 0.268. The molecule has 3 aromatic carbocycles. The Kier molecular flexibility index (Phi) is 3.73. The number of hydrogen-bond acceptors (Lipinski definition) is 5. The highest BCUT2D eigenvalue weighted by molar-refractivity contribution is 7.17. The van der Waals surface area contributed by atoms with Crippen molar-refractivity contribution >= 4 is 43.8 Å². The smallest absolute Gasteiger partial charge is 0.143 e. The van der Waals surface area contributed by atoms with Crippen LogP contribution in [0.4, 0.5) is 11.5 Å². The van der Waals surface area contributed by atoms with Crippen molar-refractivity contribution in [2.45, 2.75) is 0 Å². The van der Waals surface area contributed by atoms with Gasteiger partial charge in [0.25, 0.3) is 0 Å². The van der Waals surface area contributed by atoms with E-state index < -0.39 is 0 Å². The van der Waals surface area contributed by atoms with Crippen molar-refractivity contribution in [2.75, 3.05) is 5.32 Å². The molecule has 2 aromatic heterocycles. The molecule has 0 unspecified atom stereocenters. The van der Waals surface area contributed by atoms with Crippen LogP contribution in [0.25, 0.3) is 32.1 Å². The van der Waals surface area contributed by atoms with Crippen LogP contribution in [0.15, 0.2) is 78.4 Å². The second-order valence-electron chi connectivity index (χ2n) is 6.22. The number of aromatic hydroxyl groups is 1. The van der Waals surface area contributed by atoms with E-state index in [2.05, 4.69) is 32.8 Å². The molecule has 0 amide bonds. The number of rotatable bonds is 3. The Morgan fingerprint density at radius 1 is 0.815 bits per heavy atom. The lowest BCUT2D eigenvalue weighted by Crippen LogP contribution is -1.96. The lowest BCUT2D eigenvalue weighted by molar-refractivity contribution is 0.481. The first-order valence-electron chi connectivity index (χ1n) is 8.56.